The van der Waals surface area contributed by atoms with Crippen LogP contribution in [0.3, 0.4) is 0 Å². The maximum atomic E-state index is 14.3. The Hall–Kier alpha value is -3.41. The Bertz CT molecular complexity index is 1480. The molecule has 3 fully saturated rings. The summed E-state index contributed by atoms with van der Waals surface area (Å²) in [6.45, 7) is 6.77. The van der Waals surface area contributed by atoms with Crippen molar-refractivity contribution in [3.8, 4) is 22.6 Å². The molecule has 3 aliphatic rings. The Balaban J connectivity index is 1.21. The van der Waals surface area contributed by atoms with E-state index in [0.717, 1.165) is 52.7 Å². The lowest BCUT2D eigenvalue weighted by molar-refractivity contribution is -0.154. The van der Waals surface area contributed by atoms with Crippen molar-refractivity contribution >= 4 is 5.78 Å². The number of carbonyl (C=O) groups is 1. The molecule has 5 nitrogen and oxygen atoms in total. The second-order valence-corrected chi connectivity index (χ2v) is 12.6. The van der Waals surface area contributed by atoms with Gasteiger partial charge in [-0.3, -0.25) is 4.79 Å². The molecule has 0 aliphatic heterocycles. The summed E-state index contributed by atoms with van der Waals surface area (Å²) < 4.78 is 6.09. The second-order valence-electron chi connectivity index (χ2n) is 12.6. The van der Waals surface area contributed by atoms with Crippen molar-refractivity contribution in [1.82, 2.24) is 0 Å². The van der Waals surface area contributed by atoms with Crippen LogP contribution in [0.15, 0.2) is 78.9 Å². The van der Waals surface area contributed by atoms with Crippen molar-refractivity contribution in [1.29, 1.82) is 0 Å². The molecule has 6 atom stereocenters. The number of aryl methyl sites for hydroxylation is 1. The summed E-state index contributed by atoms with van der Waals surface area (Å²) in [5.41, 5.74) is 5.02. The quantitative estimate of drug-likeness (QED) is 0.265. The molecule has 0 amide bonds. The van der Waals surface area contributed by atoms with E-state index in [1.807, 2.05) is 36.4 Å². The van der Waals surface area contributed by atoms with E-state index in [-0.39, 0.29) is 53.2 Å². The number of aliphatic hydroxyl groups excluding tert-OH is 1. The van der Waals surface area contributed by atoms with E-state index in [4.69, 9.17) is 4.74 Å². The minimum Gasteiger partial charge on any atom is -0.508 e. The van der Waals surface area contributed by atoms with Crippen molar-refractivity contribution in [3.63, 3.8) is 0 Å². The molecule has 3 aliphatic carbocycles. The Morgan fingerprint density at radius 1 is 1.02 bits per heavy atom. The zero-order chi connectivity index (χ0) is 28.9. The highest BCUT2D eigenvalue weighted by molar-refractivity contribution is 5.90. The number of rotatable bonds is 9. The molecule has 2 bridgehead atoms. The fraction of sp³-hybridized carbons (Fsp3) is 0.417. The summed E-state index contributed by atoms with van der Waals surface area (Å²) in [6, 6.07) is 21.0. The van der Waals surface area contributed by atoms with Crippen LogP contribution in [0.25, 0.3) is 11.1 Å². The highest BCUT2D eigenvalue weighted by Gasteiger charge is 2.78. The van der Waals surface area contributed by atoms with E-state index < -0.39 is 5.41 Å². The van der Waals surface area contributed by atoms with Gasteiger partial charge in [0, 0.05) is 37.9 Å². The number of methoxy groups -OCH3 is 1. The van der Waals surface area contributed by atoms with Gasteiger partial charge in [0.2, 0.25) is 0 Å². The molecule has 6 unspecified atom stereocenters. The third-order valence-corrected chi connectivity index (χ3v) is 10.8. The predicted molar refractivity (Wildman–Crippen MR) is 160 cm³/mol. The number of Topliss-reactive ketones (excluding diaryl/α,β-unsaturated/α-hetero) is 1. The van der Waals surface area contributed by atoms with Crippen LogP contribution in [0.4, 0.5) is 0 Å². The van der Waals surface area contributed by atoms with Crippen molar-refractivity contribution < 1.29 is 24.9 Å². The summed E-state index contributed by atoms with van der Waals surface area (Å²) in [5, 5.41) is 30.7. The largest absolute Gasteiger partial charge is 0.508 e. The van der Waals surface area contributed by atoms with Gasteiger partial charge in [0.1, 0.15) is 17.3 Å². The van der Waals surface area contributed by atoms with Crippen molar-refractivity contribution in [2.75, 3.05) is 13.7 Å². The Morgan fingerprint density at radius 3 is 2.49 bits per heavy atom. The second kappa shape index (κ2) is 10.5. The van der Waals surface area contributed by atoms with Crippen LogP contribution in [0, 0.1) is 28.6 Å². The molecule has 3 aromatic rings. The molecule has 0 radical (unpaired) electrons. The van der Waals surface area contributed by atoms with E-state index in [2.05, 4.69) is 25.6 Å². The first-order valence-corrected chi connectivity index (χ1v) is 14.8. The number of ether oxygens (including phenoxy) is 1. The number of fused-ring (bicyclic) bond motifs is 1. The minimum absolute atomic E-state index is 0.0391. The molecule has 5 heteroatoms. The molecule has 3 N–H and O–H groups in total. The maximum Gasteiger partial charge on any atom is 0.143 e. The molecule has 0 saturated heterocycles. The lowest BCUT2D eigenvalue weighted by Crippen LogP contribution is -2.56. The van der Waals surface area contributed by atoms with E-state index in [0.29, 0.717) is 19.3 Å². The van der Waals surface area contributed by atoms with Gasteiger partial charge in [-0.2, -0.15) is 0 Å². The number of benzene rings is 3. The molecule has 0 aromatic heterocycles. The van der Waals surface area contributed by atoms with E-state index in [1.54, 1.807) is 25.3 Å². The molecule has 41 heavy (non-hydrogen) atoms. The first-order chi connectivity index (χ1) is 19.7. The molecule has 6 rings (SSSR count). The first-order valence-electron chi connectivity index (χ1n) is 14.8. The average molecular weight is 553 g/mol. The number of phenols is 2. The van der Waals surface area contributed by atoms with Crippen LogP contribution in [0.1, 0.15) is 49.3 Å². The summed E-state index contributed by atoms with van der Waals surface area (Å²) in [6.07, 6.45) is 4.36. The summed E-state index contributed by atoms with van der Waals surface area (Å²) in [5.74, 6) is 0.915. The van der Waals surface area contributed by atoms with Crippen LogP contribution < -0.4 is 0 Å². The van der Waals surface area contributed by atoms with Gasteiger partial charge in [0.25, 0.3) is 0 Å². The number of aromatic hydroxyl groups is 2. The average Bonchev–Trinajstić information content (AvgIpc) is 3.39. The number of aliphatic hydroxyl groups is 1. The molecule has 0 spiro atoms. The first kappa shape index (κ1) is 27.7. The number of ketones is 1. The third-order valence-electron chi connectivity index (χ3n) is 10.8. The maximum absolute atomic E-state index is 14.3. The number of hydrogen-bond acceptors (Lipinski definition) is 5. The van der Waals surface area contributed by atoms with Gasteiger partial charge in [-0.1, -0.05) is 74.0 Å². The molecular weight excluding hydrogens is 512 g/mol. The Morgan fingerprint density at radius 2 is 1.78 bits per heavy atom. The number of phenolic OH excluding ortho intramolecular Hbond substituents is 2. The molecule has 3 saturated carbocycles. The van der Waals surface area contributed by atoms with E-state index >= 15 is 0 Å². The molecule has 0 heterocycles. The highest BCUT2D eigenvalue weighted by atomic mass is 16.5. The van der Waals surface area contributed by atoms with Crippen LogP contribution in [-0.2, 0) is 22.4 Å². The zero-order valence-corrected chi connectivity index (χ0v) is 24.0. The standard InChI is InChI=1S/C36H40O5/c1-22-33-29(21-37)30-8-5-17-35(22,2)36(30,34(33)41-3)32(40)16-11-23-6-4-7-25(18-23)26-12-13-27(31(39)20-26)19-24-9-14-28(38)15-10-24/h4,6-7,9-10,12-15,18,20,29-30,33-34,37-39H,1,5,8,11,16-17,19,21H2,2-3H3. The van der Waals surface area contributed by atoms with Gasteiger partial charge in [-0.05, 0) is 77.1 Å². The van der Waals surface area contributed by atoms with Gasteiger partial charge in [-0.15, -0.1) is 0 Å². The smallest absolute Gasteiger partial charge is 0.143 e. The monoisotopic (exact) mass is 552 g/mol. The van der Waals surface area contributed by atoms with Gasteiger partial charge < -0.3 is 20.1 Å². The SMILES string of the molecule is C=C1C2C(CO)C3CCCC1(C)C3(C(=O)CCc1cccc(-c3ccc(Cc4ccc(O)cc4)c(O)c3)c1)C2OC. The summed E-state index contributed by atoms with van der Waals surface area (Å²) in [7, 11) is 1.71. The fourth-order valence-electron chi connectivity index (χ4n) is 8.93. The molecule has 3 aromatic carbocycles. The summed E-state index contributed by atoms with van der Waals surface area (Å²) >= 11 is 0. The van der Waals surface area contributed by atoms with Crippen molar-refractivity contribution in [3.05, 3.63) is 95.6 Å². The van der Waals surface area contributed by atoms with Crippen LogP contribution in [-0.4, -0.2) is 40.9 Å². The lowest BCUT2D eigenvalue weighted by Gasteiger charge is -2.55. The van der Waals surface area contributed by atoms with Gasteiger partial charge in [0.05, 0.1) is 11.5 Å². The molecule has 214 valence electrons. The Labute approximate surface area is 242 Å². The van der Waals surface area contributed by atoms with Crippen LogP contribution in [0.5, 0.6) is 11.5 Å². The van der Waals surface area contributed by atoms with Crippen LogP contribution >= 0.6 is 0 Å². The van der Waals surface area contributed by atoms with E-state index in [9.17, 15) is 20.1 Å². The van der Waals surface area contributed by atoms with Gasteiger partial charge >= 0.3 is 0 Å². The van der Waals surface area contributed by atoms with Crippen molar-refractivity contribution in [2.24, 2.45) is 28.6 Å². The summed E-state index contributed by atoms with van der Waals surface area (Å²) in [4.78, 5) is 14.3. The number of hydrogen-bond donors (Lipinski definition) is 3. The normalized spacial score (nSPS) is 30.1. The fourth-order valence-corrected chi connectivity index (χ4v) is 8.93. The zero-order valence-electron chi connectivity index (χ0n) is 24.0. The van der Waals surface area contributed by atoms with Crippen LogP contribution in [0.2, 0.25) is 0 Å². The third kappa shape index (κ3) is 4.16. The molecular formula is C36H40O5. The van der Waals surface area contributed by atoms with Crippen molar-refractivity contribution in [2.45, 2.75) is 51.6 Å². The minimum atomic E-state index is -0.619. The highest BCUT2D eigenvalue weighted by Crippen LogP contribution is 2.76. The predicted octanol–water partition coefficient (Wildman–Crippen LogP) is 6.47. The van der Waals surface area contributed by atoms with Gasteiger partial charge in [0.15, 0.2) is 0 Å². The van der Waals surface area contributed by atoms with Gasteiger partial charge in [-0.25, -0.2) is 0 Å². The Kier molecular flexibility index (Phi) is 7.07. The number of carbonyl (C=O) groups excluding carboxylic acids is 1. The van der Waals surface area contributed by atoms with E-state index in [1.165, 1.54) is 0 Å². The lowest BCUT2D eigenvalue weighted by atomic mass is 9.47. The topological polar surface area (TPSA) is 87.0 Å².